The molecule has 1 N–H and O–H groups in total. The highest BCUT2D eigenvalue weighted by Crippen LogP contribution is 2.37. The number of carboxylic acids is 1. The summed E-state index contributed by atoms with van der Waals surface area (Å²) in [5.74, 6) is 0.688. The largest absolute Gasteiger partial charge is 0.493 e. The number of aliphatic carboxylic acids is 1. The molecular formula is C25H31NO5S2. The van der Waals surface area contributed by atoms with Gasteiger partial charge >= 0.3 is 5.97 Å². The minimum absolute atomic E-state index is 0.0271. The molecule has 8 heteroatoms. The molecule has 2 aliphatic heterocycles. The van der Waals surface area contributed by atoms with E-state index in [1.54, 1.807) is 12.0 Å². The van der Waals surface area contributed by atoms with Gasteiger partial charge in [-0.3, -0.25) is 14.5 Å². The Kier molecular flexibility index (Phi) is 9.81. The van der Waals surface area contributed by atoms with Crippen molar-refractivity contribution in [1.82, 2.24) is 4.90 Å². The highest BCUT2D eigenvalue weighted by Gasteiger charge is 2.32. The van der Waals surface area contributed by atoms with Crippen molar-refractivity contribution in [2.75, 3.05) is 20.3 Å². The number of para-hydroxylation sites is 1. The summed E-state index contributed by atoms with van der Waals surface area (Å²) < 4.78 is 11.8. The lowest BCUT2D eigenvalue weighted by molar-refractivity contribution is -0.137. The Morgan fingerprint density at radius 3 is 2.58 bits per heavy atom. The number of ether oxygens (including phenoxy) is 2. The Hall–Kier alpha value is -2.32. The summed E-state index contributed by atoms with van der Waals surface area (Å²) >= 11 is 6.81. The molecule has 1 aromatic carbocycles. The van der Waals surface area contributed by atoms with Crippen LogP contribution in [0.5, 0.6) is 11.5 Å². The molecule has 0 aliphatic carbocycles. The number of rotatable bonds is 13. The second-order valence-electron chi connectivity index (χ2n) is 8.19. The van der Waals surface area contributed by atoms with Crippen LogP contribution >= 0.6 is 24.0 Å². The predicted molar refractivity (Wildman–Crippen MR) is 136 cm³/mol. The number of carbonyl (C=O) groups is 2. The highest BCUT2D eigenvalue weighted by molar-refractivity contribution is 8.26. The molecule has 1 saturated heterocycles. The van der Waals surface area contributed by atoms with Crippen molar-refractivity contribution in [3.8, 4) is 11.5 Å². The molecule has 1 amide bonds. The molecule has 2 heterocycles. The van der Waals surface area contributed by atoms with Crippen LogP contribution in [0.3, 0.4) is 0 Å². The maximum Gasteiger partial charge on any atom is 0.303 e. The lowest BCUT2D eigenvalue weighted by Crippen LogP contribution is -2.29. The molecule has 0 spiro atoms. The van der Waals surface area contributed by atoms with Crippen molar-refractivity contribution in [3.05, 3.63) is 40.3 Å². The van der Waals surface area contributed by atoms with Gasteiger partial charge in [0.15, 0.2) is 11.5 Å². The fraction of sp³-hybridized carbons (Fsp3) is 0.480. The number of thiocarbonyl (C=S) groups is 1. The minimum atomic E-state index is -0.713. The fourth-order valence-corrected chi connectivity index (χ4v) is 5.23. The van der Waals surface area contributed by atoms with E-state index in [1.807, 2.05) is 30.4 Å². The average molecular weight is 490 g/mol. The van der Waals surface area contributed by atoms with E-state index in [4.69, 9.17) is 26.8 Å². The minimum Gasteiger partial charge on any atom is -0.493 e. The summed E-state index contributed by atoms with van der Waals surface area (Å²) in [5.41, 5.74) is 1.86. The monoisotopic (exact) mass is 489 g/mol. The number of thioether (sulfide) groups is 1. The highest BCUT2D eigenvalue weighted by atomic mass is 32.2. The van der Waals surface area contributed by atoms with Gasteiger partial charge in [-0.1, -0.05) is 74.6 Å². The van der Waals surface area contributed by atoms with E-state index in [1.165, 1.54) is 11.8 Å². The number of methoxy groups -OCH3 is 1. The average Bonchev–Trinajstić information content (AvgIpc) is 3.06. The van der Waals surface area contributed by atoms with Crippen LogP contribution in [0, 0.1) is 0 Å². The van der Waals surface area contributed by atoms with E-state index in [-0.39, 0.29) is 12.3 Å². The normalized spacial score (nSPS) is 16.6. The molecule has 33 heavy (non-hydrogen) atoms. The number of hydrogen-bond donors (Lipinski definition) is 1. The molecule has 1 fully saturated rings. The summed E-state index contributed by atoms with van der Waals surface area (Å²) in [6, 6.07) is 5.75. The van der Waals surface area contributed by atoms with Gasteiger partial charge in [-0.25, -0.2) is 0 Å². The van der Waals surface area contributed by atoms with Crippen molar-refractivity contribution in [2.45, 2.75) is 57.8 Å². The first kappa shape index (κ1) is 25.3. The summed E-state index contributed by atoms with van der Waals surface area (Å²) in [6.45, 7) is 1.03. The Balaban J connectivity index is 1.42. The van der Waals surface area contributed by atoms with Crippen LogP contribution in [-0.4, -0.2) is 46.5 Å². The number of nitrogens with zero attached hydrogens (tertiary/aromatic N) is 1. The van der Waals surface area contributed by atoms with Crippen molar-refractivity contribution < 1.29 is 24.2 Å². The van der Waals surface area contributed by atoms with Gasteiger partial charge in [-0.05, 0) is 36.6 Å². The Bertz CT molecular complexity index is 941. The number of unbranched alkanes of at least 4 members (excludes halogenated alkanes) is 7. The number of hydrogen-bond acceptors (Lipinski definition) is 6. The second kappa shape index (κ2) is 12.8. The van der Waals surface area contributed by atoms with Crippen molar-refractivity contribution in [3.63, 3.8) is 0 Å². The van der Waals surface area contributed by atoms with Gasteiger partial charge in [0.25, 0.3) is 5.91 Å². The smallest absolute Gasteiger partial charge is 0.303 e. The van der Waals surface area contributed by atoms with Crippen molar-refractivity contribution in [1.29, 1.82) is 0 Å². The second-order valence-corrected chi connectivity index (χ2v) is 9.87. The molecule has 6 nitrogen and oxygen atoms in total. The predicted octanol–water partition coefficient (Wildman–Crippen LogP) is 5.81. The number of amides is 1. The number of carboxylic acid groups (broad SMARTS) is 1. The van der Waals surface area contributed by atoms with Crippen LogP contribution in [0.15, 0.2) is 34.8 Å². The molecule has 2 aliphatic rings. The van der Waals surface area contributed by atoms with Gasteiger partial charge in [0.2, 0.25) is 0 Å². The lowest BCUT2D eigenvalue weighted by Gasteiger charge is -2.18. The Morgan fingerprint density at radius 1 is 1.18 bits per heavy atom. The molecule has 3 rings (SSSR count). The van der Waals surface area contributed by atoms with Gasteiger partial charge in [0.1, 0.15) is 10.9 Å². The molecule has 0 atom stereocenters. The van der Waals surface area contributed by atoms with Gasteiger partial charge < -0.3 is 14.6 Å². The van der Waals surface area contributed by atoms with Crippen molar-refractivity contribution >= 4 is 46.3 Å². The van der Waals surface area contributed by atoms with Crippen molar-refractivity contribution in [2.24, 2.45) is 0 Å². The number of benzene rings is 1. The van der Waals surface area contributed by atoms with Gasteiger partial charge in [-0.2, -0.15) is 0 Å². The first-order chi connectivity index (χ1) is 16.0. The Morgan fingerprint density at radius 2 is 1.88 bits per heavy atom. The molecule has 178 valence electrons. The SMILES string of the molecule is COc1cccc2c1OCC(C=C1SC(=S)N(CCCCCCCCCCC(=O)O)C1=O)=C2. The summed E-state index contributed by atoms with van der Waals surface area (Å²) in [4.78, 5) is 25.7. The van der Waals surface area contributed by atoms with E-state index >= 15 is 0 Å². The van der Waals surface area contributed by atoms with E-state index in [0.717, 1.165) is 68.3 Å². The molecule has 0 bridgehead atoms. The van der Waals surface area contributed by atoms with E-state index in [0.29, 0.717) is 28.1 Å². The summed E-state index contributed by atoms with van der Waals surface area (Å²) in [5, 5.41) is 8.64. The molecule has 0 aromatic heterocycles. The lowest BCUT2D eigenvalue weighted by atomic mass is 10.1. The van der Waals surface area contributed by atoms with Crippen LogP contribution in [-0.2, 0) is 9.59 Å². The zero-order chi connectivity index (χ0) is 23.6. The van der Waals surface area contributed by atoms with Gasteiger partial charge in [0.05, 0.1) is 12.0 Å². The summed E-state index contributed by atoms with van der Waals surface area (Å²) in [6.07, 6.45) is 12.4. The van der Waals surface area contributed by atoms with Crippen LogP contribution in [0.2, 0.25) is 0 Å². The first-order valence-electron chi connectivity index (χ1n) is 11.5. The zero-order valence-corrected chi connectivity index (χ0v) is 20.6. The first-order valence-corrected chi connectivity index (χ1v) is 12.7. The standard InChI is InChI=1S/C25H31NO5S2/c1-30-20-12-10-11-19-15-18(17-31-23(19)20)16-21-24(29)26(25(32)33-21)14-9-7-5-3-2-4-6-8-13-22(27)28/h10-12,15-16H,2-9,13-14,17H2,1H3,(H,27,28). The zero-order valence-electron chi connectivity index (χ0n) is 19.0. The molecule has 1 aromatic rings. The molecule has 0 radical (unpaired) electrons. The van der Waals surface area contributed by atoms with Crippen LogP contribution in [0.1, 0.15) is 63.4 Å². The van der Waals surface area contributed by atoms with E-state index in [9.17, 15) is 9.59 Å². The van der Waals surface area contributed by atoms with Crippen LogP contribution < -0.4 is 9.47 Å². The molecular weight excluding hydrogens is 458 g/mol. The fourth-order valence-electron chi connectivity index (χ4n) is 3.91. The third-order valence-electron chi connectivity index (χ3n) is 5.67. The van der Waals surface area contributed by atoms with Gasteiger partial charge in [0, 0.05) is 18.5 Å². The third kappa shape index (κ3) is 7.33. The third-order valence-corrected chi connectivity index (χ3v) is 7.04. The van der Waals surface area contributed by atoms with Crippen LogP contribution in [0.25, 0.3) is 6.08 Å². The maximum absolute atomic E-state index is 12.9. The van der Waals surface area contributed by atoms with E-state index in [2.05, 4.69) is 0 Å². The number of fused-ring (bicyclic) bond motifs is 1. The quantitative estimate of drug-likeness (QED) is 0.213. The maximum atomic E-state index is 12.9. The Labute approximate surface area is 205 Å². The topological polar surface area (TPSA) is 76.1 Å². The van der Waals surface area contributed by atoms with E-state index < -0.39 is 5.97 Å². The van der Waals surface area contributed by atoms with Gasteiger partial charge in [-0.15, -0.1) is 0 Å². The molecule has 0 saturated carbocycles. The van der Waals surface area contributed by atoms with Crippen LogP contribution in [0.4, 0.5) is 0 Å². The summed E-state index contributed by atoms with van der Waals surface area (Å²) in [7, 11) is 1.62. The molecule has 0 unspecified atom stereocenters. The number of carbonyl (C=O) groups excluding carboxylic acids is 1.